The van der Waals surface area contributed by atoms with Gasteiger partial charge in [0, 0.05) is 18.2 Å². The maximum atomic E-state index is 13.9. The lowest BCUT2D eigenvalue weighted by Gasteiger charge is -2.27. The molecule has 3 rings (SSSR count). The number of hydrogen-bond acceptors (Lipinski definition) is 2. The molecule has 4 nitrogen and oxygen atoms in total. The maximum Gasteiger partial charge on any atom is 0.255 e. The second kappa shape index (κ2) is 23.3. The predicted octanol–water partition coefficient (Wildman–Crippen LogP) is 8.65. The standard InChI is InChI=1S/C42H62ClN2O2.HI/c1-6-8-9-10-11-12-13-14-15-16-17-18-19-22-30-47-40-28-27-35(31-38(40)42(3,4)5)33-45(34-36-24-23-29-44(7-2)32-36)41(46)37-25-20-21-26-39(37)43;/h20-21,23-29,31-32H,6-19,22,30,33-34H2,1-5H3;1H/q+1;/p-1. The minimum atomic E-state index is -0.0927. The van der Waals surface area contributed by atoms with Gasteiger partial charge in [0.25, 0.3) is 5.91 Å². The number of hydrogen-bond donors (Lipinski definition) is 0. The normalized spacial score (nSPS) is 11.3. The first-order chi connectivity index (χ1) is 22.7. The second-order valence-electron chi connectivity index (χ2n) is 14.2. The number of halogens is 2. The smallest absolute Gasteiger partial charge is 0.255 e. The topological polar surface area (TPSA) is 33.4 Å². The fourth-order valence-electron chi connectivity index (χ4n) is 6.18. The molecule has 0 spiro atoms. The molecule has 1 amide bonds. The first-order valence-corrected chi connectivity index (χ1v) is 18.9. The molecule has 3 aromatic rings. The van der Waals surface area contributed by atoms with Crippen molar-refractivity contribution in [3.63, 3.8) is 0 Å². The summed E-state index contributed by atoms with van der Waals surface area (Å²) in [6.07, 6.45) is 23.1. The van der Waals surface area contributed by atoms with Crippen LogP contribution in [0.2, 0.25) is 5.02 Å². The van der Waals surface area contributed by atoms with Crippen LogP contribution < -0.4 is 33.3 Å². The Bertz CT molecular complexity index is 1340. The highest BCUT2D eigenvalue weighted by molar-refractivity contribution is 6.33. The van der Waals surface area contributed by atoms with Crippen molar-refractivity contribution in [2.24, 2.45) is 0 Å². The van der Waals surface area contributed by atoms with Crippen LogP contribution in [0.3, 0.4) is 0 Å². The Kier molecular flexibility index (Phi) is 20.4. The minimum Gasteiger partial charge on any atom is -1.00 e. The van der Waals surface area contributed by atoms with Crippen LogP contribution in [-0.4, -0.2) is 17.4 Å². The largest absolute Gasteiger partial charge is 1.00 e. The van der Waals surface area contributed by atoms with Gasteiger partial charge in [0.15, 0.2) is 12.4 Å². The van der Waals surface area contributed by atoms with Gasteiger partial charge in [0.1, 0.15) is 12.3 Å². The average Bonchev–Trinajstić information content (AvgIpc) is 3.06. The second-order valence-corrected chi connectivity index (χ2v) is 14.6. The zero-order valence-electron chi connectivity index (χ0n) is 30.5. The summed E-state index contributed by atoms with van der Waals surface area (Å²) in [4.78, 5) is 15.8. The molecular weight excluding hydrogens is 727 g/mol. The van der Waals surface area contributed by atoms with Crippen LogP contribution in [-0.2, 0) is 25.0 Å². The number of aromatic nitrogens is 1. The van der Waals surface area contributed by atoms with Gasteiger partial charge in [-0.2, -0.15) is 0 Å². The molecule has 2 aromatic carbocycles. The third-order valence-corrected chi connectivity index (χ3v) is 9.36. The van der Waals surface area contributed by atoms with Crippen LogP contribution in [0.4, 0.5) is 0 Å². The number of pyridine rings is 1. The highest BCUT2D eigenvalue weighted by Gasteiger charge is 2.23. The Morgan fingerprint density at radius 2 is 1.33 bits per heavy atom. The Morgan fingerprint density at radius 3 is 1.92 bits per heavy atom. The highest BCUT2D eigenvalue weighted by atomic mass is 127. The van der Waals surface area contributed by atoms with Crippen molar-refractivity contribution in [2.45, 2.75) is 150 Å². The summed E-state index contributed by atoms with van der Waals surface area (Å²) in [6.45, 7) is 13.7. The molecule has 0 aliphatic carbocycles. The van der Waals surface area contributed by atoms with E-state index >= 15 is 0 Å². The van der Waals surface area contributed by atoms with E-state index in [0.717, 1.165) is 36.4 Å². The van der Waals surface area contributed by atoms with Crippen molar-refractivity contribution in [2.75, 3.05) is 6.61 Å². The van der Waals surface area contributed by atoms with Crippen molar-refractivity contribution >= 4 is 17.5 Å². The summed E-state index contributed by atoms with van der Waals surface area (Å²) in [5.74, 6) is 0.880. The molecule has 0 N–H and O–H groups in total. The number of ether oxygens (including phenoxy) is 1. The molecule has 48 heavy (non-hydrogen) atoms. The number of rotatable bonds is 22. The maximum absolute atomic E-state index is 13.9. The first kappa shape index (κ1) is 42.0. The molecule has 0 aliphatic rings. The third-order valence-electron chi connectivity index (χ3n) is 9.03. The fourth-order valence-corrected chi connectivity index (χ4v) is 6.39. The minimum absolute atomic E-state index is 0. The van der Waals surface area contributed by atoms with Crippen molar-refractivity contribution in [3.05, 3.63) is 94.3 Å². The quantitative estimate of drug-likeness (QED) is 0.0581. The van der Waals surface area contributed by atoms with E-state index in [1.807, 2.05) is 29.2 Å². The lowest BCUT2D eigenvalue weighted by molar-refractivity contribution is -0.694. The Hall–Kier alpha value is -2.12. The van der Waals surface area contributed by atoms with E-state index in [1.54, 1.807) is 6.07 Å². The van der Waals surface area contributed by atoms with Crippen LogP contribution in [0.1, 0.15) is 152 Å². The van der Waals surface area contributed by atoms with Gasteiger partial charge in [0.05, 0.1) is 23.7 Å². The molecule has 1 aromatic heterocycles. The van der Waals surface area contributed by atoms with Crippen molar-refractivity contribution < 1.29 is 38.1 Å². The van der Waals surface area contributed by atoms with Gasteiger partial charge >= 0.3 is 0 Å². The summed E-state index contributed by atoms with van der Waals surface area (Å²) in [6, 6.07) is 17.9. The Labute approximate surface area is 315 Å². The summed E-state index contributed by atoms with van der Waals surface area (Å²) in [5.41, 5.74) is 3.77. The van der Waals surface area contributed by atoms with E-state index in [-0.39, 0.29) is 35.3 Å². The van der Waals surface area contributed by atoms with Gasteiger partial charge < -0.3 is 33.6 Å². The predicted molar refractivity (Wildman–Crippen MR) is 198 cm³/mol. The molecule has 0 fully saturated rings. The highest BCUT2D eigenvalue weighted by Crippen LogP contribution is 2.33. The van der Waals surface area contributed by atoms with Crippen LogP contribution >= 0.6 is 11.6 Å². The molecule has 266 valence electrons. The van der Waals surface area contributed by atoms with Crippen LogP contribution in [0.25, 0.3) is 0 Å². The van der Waals surface area contributed by atoms with Gasteiger partial charge in [0.2, 0.25) is 0 Å². The van der Waals surface area contributed by atoms with Gasteiger partial charge in [-0.1, -0.05) is 141 Å². The van der Waals surface area contributed by atoms with E-state index in [1.165, 1.54) is 89.0 Å². The molecule has 1 heterocycles. The number of nitrogens with zero attached hydrogens (tertiary/aromatic N) is 2. The van der Waals surface area contributed by atoms with E-state index in [4.69, 9.17) is 16.3 Å². The molecule has 0 aliphatic heterocycles. The molecular formula is C42H62ClIN2O2. The van der Waals surface area contributed by atoms with E-state index in [2.05, 4.69) is 75.8 Å². The number of carbonyl (C=O) groups excluding carboxylic acids is 1. The summed E-state index contributed by atoms with van der Waals surface area (Å²) >= 11 is 6.49. The number of benzene rings is 2. The molecule has 0 bridgehead atoms. The van der Waals surface area contributed by atoms with Gasteiger partial charge in [-0.15, -0.1) is 0 Å². The number of amides is 1. The van der Waals surface area contributed by atoms with Gasteiger partial charge in [-0.25, -0.2) is 4.57 Å². The lowest BCUT2D eigenvalue weighted by Crippen LogP contribution is -3.00. The van der Waals surface area contributed by atoms with E-state index in [0.29, 0.717) is 23.7 Å². The molecule has 0 radical (unpaired) electrons. The zero-order chi connectivity index (χ0) is 33.9. The third kappa shape index (κ3) is 15.2. The van der Waals surface area contributed by atoms with Gasteiger partial charge in [-0.05, 0) is 60.2 Å². The molecule has 0 saturated heterocycles. The fraction of sp³-hybridized carbons (Fsp3) is 0.571. The summed E-state index contributed by atoms with van der Waals surface area (Å²) in [7, 11) is 0. The first-order valence-electron chi connectivity index (χ1n) is 18.5. The average molecular weight is 789 g/mol. The number of aryl methyl sites for hydroxylation is 1. The monoisotopic (exact) mass is 788 g/mol. The molecule has 0 saturated carbocycles. The van der Waals surface area contributed by atoms with Crippen molar-refractivity contribution in [1.29, 1.82) is 0 Å². The van der Waals surface area contributed by atoms with Crippen LogP contribution in [0.5, 0.6) is 5.75 Å². The number of carbonyl (C=O) groups is 1. The Morgan fingerprint density at radius 1 is 0.750 bits per heavy atom. The summed E-state index contributed by atoms with van der Waals surface area (Å²) < 4.78 is 8.52. The van der Waals surface area contributed by atoms with Crippen molar-refractivity contribution in [1.82, 2.24) is 4.90 Å². The SMILES string of the molecule is CCCCCCCCCCCCCCCCOc1ccc(CN(Cc2ccc[n+](CC)c2)C(=O)c2ccccc2Cl)cc1C(C)(C)C.[I-]. The van der Waals surface area contributed by atoms with Crippen molar-refractivity contribution in [3.8, 4) is 5.75 Å². The van der Waals surface area contributed by atoms with Crippen LogP contribution in [0, 0.1) is 0 Å². The van der Waals surface area contributed by atoms with E-state index in [9.17, 15) is 4.79 Å². The number of unbranched alkanes of at least 4 members (excludes halogenated alkanes) is 13. The molecule has 6 heteroatoms. The van der Waals surface area contributed by atoms with Gasteiger partial charge in [-0.3, -0.25) is 4.79 Å². The summed E-state index contributed by atoms with van der Waals surface area (Å²) in [5, 5.41) is 0.474. The van der Waals surface area contributed by atoms with Crippen LogP contribution in [0.15, 0.2) is 67.0 Å². The Balaban J connectivity index is 0.00000800. The lowest BCUT2D eigenvalue weighted by atomic mass is 9.85. The molecule has 0 unspecified atom stereocenters. The molecule has 0 atom stereocenters. The zero-order valence-corrected chi connectivity index (χ0v) is 33.5. The van der Waals surface area contributed by atoms with E-state index < -0.39 is 0 Å².